The van der Waals surface area contributed by atoms with Crippen LogP contribution in [0.3, 0.4) is 0 Å². The van der Waals surface area contributed by atoms with Crippen molar-refractivity contribution in [3.63, 3.8) is 0 Å². The molecule has 4 N–H and O–H groups in total. The maximum atomic E-state index is 13.0. The van der Waals surface area contributed by atoms with Crippen molar-refractivity contribution in [2.75, 3.05) is 20.2 Å². The number of H-pyrrole nitrogens is 1. The number of nitrogens with one attached hydrogen (secondary N) is 2. The molecule has 35 heavy (non-hydrogen) atoms. The topological polar surface area (TPSA) is 99.0 Å². The Morgan fingerprint density at radius 2 is 1.91 bits per heavy atom. The van der Waals surface area contributed by atoms with Crippen LogP contribution >= 0.6 is 0 Å². The lowest BCUT2D eigenvalue weighted by Crippen LogP contribution is -2.43. The predicted molar refractivity (Wildman–Crippen MR) is 135 cm³/mol. The monoisotopic (exact) mass is 468 g/mol. The average molecular weight is 469 g/mol. The van der Waals surface area contributed by atoms with E-state index in [1.165, 1.54) is 0 Å². The number of aliphatic imine (C=N–C) groups is 1. The van der Waals surface area contributed by atoms with Gasteiger partial charge >= 0.3 is 0 Å². The molecule has 178 valence electrons. The third-order valence-electron chi connectivity index (χ3n) is 7.15. The minimum absolute atomic E-state index is 0.0494. The molecule has 3 aromatic rings. The van der Waals surface area contributed by atoms with Crippen LogP contribution in [0.15, 0.2) is 83.9 Å². The predicted octanol–water partition coefficient (Wildman–Crippen LogP) is 3.47. The van der Waals surface area contributed by atoms with E-state index in [-0.39, 0.29) is 11.8 Å². The second-order valence-electron chi connectivity index (χ2n) is 9.18. The normalized spacial score (nSPS) is 22.0. The highest BCUT2D eigenvalue weighted by molar-refractivity contribution is 5.95. The first-order valence-corrected chi connectivity index (χ1v) is 11.9. The molecule has 0 saturated carbocycles. The molecule has 1 unspecified atom stereocenters. The van der Waals surface area contributed by atoms with Gasteiger partial charge in [-0.05, 0) is 54.6 Å². The number of aromatic nitrogens is 1. The fraction of sp³-hybridized carbons (Fsp3) is 0.259. The standard InChI is InChI=1S/C27H28N6O2/c1-35-21-8-6-19(7-9-21)26(34)32-13-10-18(11-14-32)25-31-27(28,24-17-29-12-15-33(24)25)23-16-20-4-2-3-5-22(20)30-23/h2-9,12,15-18,29-30H,10-11,13-14,28H2,1H3. The van der Waals surface area contributed by atoms with E-state index < -0.39 is 5.66 Å². The van der Waals surface area contributed by atoms with Crippen molar-refractivity contribution in [1.82, 2.24) is 20.1 Å². The summed E-state index contributed by atoms with van der Waals surface area (Å²) < 4.78 is 5.20. The number of benzene rings is 2. The van der Waals surface area contributed by atoms with Gasteiger partial charge in [0.1, 0.15) is 11.6 Å². The summed E-state index contributed by atoms with van der Waals surface area (Å²) >= 11 is 0. The smallest absolute Gasteiger partial charge is 0.253 e. The van der Waals surface area contributed by atoms with Gasteiger partial charge in [-0.2, -0.15) is 0 Å². The van der Waals surface area contributed by atoms with E-state index in [0.29, 0.717) is 18.7 Å². The number of amides is 1. The molecule has 8 heteroatoms. The zero-order valence-electron chi connectivity index (χ0n) is 19.6. The lowest BCUT2D eigenvalue weighted by atomic mass is 9.94. The van der Waals surface area contributed by atoms with Gasteiger partial charge in [0.05, 0.1) is 18.5 Å². The van der Waals surface area contributed by atoms with Crippen molar-refractivity contribution in [3.05, 3.63) is 90.2 Å². The maximum Gasteiger partial charge on any atom is 0.253 e. The Labute approximate surface area is 203 Å². The van der Waals surface area contributed by atoms with Crippen LogP contribution in [0.2, 0.25) is 0 Å². The first-order chi connectivity index (χ1) is 17.1. The summed E-state index contributed by atoms with van der Waals surface area (Å²) in [5.41, 5.74) is 9.44. The number of hydrogen-bond acceptors (Lipinski definition) is 6. The van der Waals surface area contributed by atoms with Crippen LogP contribution in [-0.4, -0.2) is 46.7 Å². The first-order valence-electron chi connectivity index (χ1n) is 11.9. The molecular weight excluding hydrogens is 440 g/mol. The quantitative estimate of drug-likeness (QED) is 0.545. The van der Waals surface area contributed by atoms with Crippen molar-refractivity contribution in [3.8, 4) is 5.75 Å². The fourth-order valence-corrected chi connectivity index (χ4v) is 5.20. The molecule has 1 amide bonds. The van der Waals surface area contributed by atoms with Gasteiger partial charge in [0.15, 0.2) is 5.66 Å². The van der Waals surface area contributed by atoms with Gasteiger partial charge in [-0.25, -0.2) is 4.99 Å². The summed E-state index contributed by atoms with van der Waals surface area (Å²) in [4.78, 5) is 25.6. The van der Waals surface area contributed by atoms with Crippen molar-refractivity contribution < 1.29 is 9.53 Å². The Morgan fingerprint density at radius 3 is 2.66 bits per heavy atom. The van der Waals surface area contributed by atoms with Crippen LogP contribution in [0.25, 0.3) is 10.9 Å². The molecule has 6 rings (SSSR count). The molecule has 8 nitrogen and oxygen atoms in total. The first kappa shape index (κ1) is 21.5. The summed E-state index contributed by atoms with van der Waals surface area (Å²) in [6, 6.07) is 17.5. The number of aromatic amines is 1. The number of para-hydroxylation sites is 1. The van der Waals surface area contributed by atoms with E-state index in [2.05, 4.69) is 27.3 Å². The molecule has 0 aliphatic carbocycles. The number of amidine groups is 1. The Balaban J connectivity index is 1.24. The molecule has 0 bridgehead atoms. The number of carbonyl (C=O) groups is 1. The van der Waals surface area contributed by atoms with Gasteiger partial charge in [0, 0.05) is 48.7 Å². The molecule has 3 aliphatic rings. The minimum atomic E-state index is -1.01. The number of likely N-dealkylation sites (tertiary alicyclic amines) is 1. The van der Waals surface area contributed by atoms with Crippen LogP contribution in [0, 0.1) is 5.92 Å². The van der Waals surface area contributed by atoms with Crippen molar-refractivity contribution in [1.29, 1.82) is 0 Å². The highest BCUT2D eigenvalue weighted by Gasteiger charge is 2.46. The van der Waals surface area contributed by atoms with E-state index in [1.807, 2.05) is 66.0 Å². The zero-order valence-corrected chi connectivity index (χ0v) is 19.6. The Kier molecular flexibility index (Phi) is 5.11. The van der Waals surface area contributed by atoms with Crippen molar-refractivity contribution in [2.24, 2.45) is 16.6 Å². The summed E-state index contributed by atoms with van der Waals surface area (Å²) in [5, 5.41) is 4.28. The van der Waals surface area contributed by atoms with Gasteiger partial charge in [-0.3, -0.25) is 10.5 Å². The summed E-state index contributed by atoms with van der Waals surface area (Å²) in [5.74, 6) is 1.95. The summed E-state index contributed by atoms with van der Waals surface area (Å²) in [6.45, 7) is 1.35. The second-order valence-corrected chi connectivity index (χ2v) is 9.18. The molecular formula is C27H28N6O2. The van der Waals surface area contributed by atoms with Gasteiger partial charge in [-0.15, -0.1) is 0 Å². The Hall–Kier alpha value is -4.04. The van der Waals surface area contributed by atoms with E-state index >= 15 is 0 Å². The number of methoxy groups -OCH3 is 1. The molecule has 4 heterocycles. The van der Waals surface area contributed by atoms with Crippen LogP contribution in [0.4, 0.5) is 0 Å². The number of ether oxygens (including phenoxy) is 1. The fourth-order valence-electron chi connectivity index (χ4n) is 5.20. The molecule has 1 atom stereocenters. The number of fused-ring (bicyclic) bond motifs is 2. The lowest BCUT2D eigenvalue weighted by molar-refractivity contribution is 0.0708. The molecule has 3 aliphatic heterocycles. The van der Waals surface area contributed by atoms with Gasteiger partial charge in [0.2, 0.25) is 0 Å². The van der Waals surface area contributed by atoms with E-state index in [1.54, 1.807) is 7.11 Å². The van der Waals surface area contributed by atoms with Crippen LogP contribution in [-0.2, 0) is 5.66 Å². The second kappa shape index (κ2) is 8.32. The highest BCUT2D eigenvalue weighted by atomic mass is 16.5. The van der Waals surface area contributed by atoms with Gasteiger partial charge < -0.3 is 24.8 Å². The van der Waals surface area contributed by atoms with Crippen molar-refractivity contribution in [2.45, 2.75) is 18.5 Å². The number of rotatable bonds is 4. The third kappa shape index (κ3) is 3.57. The molecule has 0 spiro atoms. The van der Waals surface area contributed by atoms with E-state index in [0.717, 1.165) is 46.7 Å². The summed E-state index contributed by atoms with van der Waals surface area (Å²) in [7, 11) is 1.62. The Morgan fingerprint density at radius 1 is 1.14 bits per heavy atom. The number of hydrogen-bond donors (Lipinski definition) is 3. The third-order valence-corrected chi connectivity index (χ3v) is 7.15. The molecule has 0 radical (unpaired) electrons. The van der Waals surface area contributed by atoms with Crippen LogP contribution < -0.4 is 15.8 Å². The maximum absolute atomic E-state index is 13.0. The number of carbonyl (C=O) groups excluding carboxylic acids is 1. The number of piperidine rings is 1. The van der Waals surface area contributed by atoms with Crippen LogP contribution in [0.1, 0.15) is 28.9 Å². The zero-order chi connectivity index (χ0) is 24.0. The van der Waals surface area contributed by atoms with Crippen LogP contribution in [0.5, 0.6) is 5.75 Å². The molecule has 1 saturated heterocycles. The average Bonchev–Trinajstić information content (AvgIpc) is 3.49. The molecule has 2 aromatic carbocycles. The number of nitrogens with two attached hydrogens (primary N) is 1. The molecule has 1 aromatic heterocycles. The SMILES string of the molecule is COc1ccc(C(=O)N2CCC(C3=NC(N)(c4cc5ccccc5[nH]4)C4=CNC=CN43)CC2)cc1. The summed E-state index contributed by atoms with van der Waals surface area (Å²) in [6.07, 6.45) is 7.45. The van der Waals surface area contributed by atoms with E-state index in [4.69, 9.17) is 15.5 Å². The van der Waals surface area contributed by atoms with Gasteiger partial charge in [0.25, 0.3) is 5.91 Å². The number of nitrogens with zero attached hydrogens (tertiary/aromatic N) is 3. The highest BCUT2D eigenvalue weighted by Crippen LogP contribution is 2.41. The van der Waals surface area contributed by atoms with E-state index in [9.17, 15) is 4.79 Å². The molecule has 1 fully saturated rings. The van der Waals surface area contributed by atoms with Crippen molar-refractivity contribution >= 4 is 22.6 Å². The minimum Gasteiger partial charge on any atom is -0.497 e. The lowest BCUT2D eigenvalue weighted by Gasteiger charge is -2.34. The Bertz CT molecular complexity index is 1330. The largest absolute Gasteiger partial charge is 0.497 e. The van der Waals surface area contributed by atoms with Gasteiger partial charge in [-0.1, -0.05) is 18.2 Å².